The molecule has 1 aliphatic rings. The van der Waals surface area contributed by atoms with Crippen LogP contribution in [0.4, 0.5) is 0 Å². The first-order valence-corrected chi connectivity index (χ1v) is 8.62. The van der Waals surface area contributed by atoms with E-state index in [2.05, 4.69) is 50.6 Å². The summed E-state index contributed by atoms with van der Waals surface area (Å²) < 4.78 is 7.73. The van der Waals surface area contributed by atoms with E-state index in [0.29, 0.717) is 0 Å². The van der Waals surface area contributed by atoms with E-state index in [1.54, 1.807) is 0 Å². The molecule has 0 aromatic heterocycles. The first-order chi connectivity index (χ1) is 6.45. The van der Waals surface area contributed by atoms with Gasteiger partial charge in [-0.1, -0.05) is 0 Å². The summed E-state index contributed by atoms with van der Waals surface area (Å²) in [7, 11) is 0. The van der Waals surface area contributed by atoms with Gasteiger partial charge < -0.3 is 0 Å². The summed E-state index contributed by atoms with van der Waals surface area (Å²) in [5, 5.41) is 0. The molecule has 1 aromatic carbocycles. The zero-order valence-corrected chi connectivity index (χ0v) is 11.3. The summed E-state index contributed by atoms with van der Waals surface area (Å²) in [6.07, 6.45) is 4.63. The molecule has 2 rings (SSSR count). The molecule has 0 saturated carbocycles. The molecule has 0 radical (unpaired) electrons. The Morgan fingerprint density at radius 2 is 1.92 bits per heavy atom. The summed E-state index contributed by atoms with van der Waals surface area (Å²) in [6.45, 7) is 0. The minimum atomic E-state index is 0.0663. The van der Waals surface area contributed by atoms with Gasteiger partial charge in [-0.05, 0) is 0 Å². The van der Waals surface area contributed by atoms with Gasteiger partial charge in [-0.25, -0.2) is 0 Å². The van der Waals surface area contributed by atoms with E-state index in [-0.39, 0.29) is 41.9 Å². The van der Waals surface area contributed by atoms with Crippen LogP contribution in [-0.2, 0) is 0 Å². The summed E-state index contributed by atoms with van der Waals surface area (Å²) in [5.41, 5.74) is 0. The first kappa shape index (κ1) is 9.58. The molecule has 0 atom stereocenters. The molecule has 0 aliphatic carbocycles. The number of allylic oxidation sites excluding steroid dienone is 3. The molecule has 0 unspecified atom stereocenters. The number of hydrogen-bond acceptors (Lipinski definition) is 0. The van der Waals surface area contributed by atoms with Crippen molar-refractivity contribution in [2.75, 3.05) is 0 Å². The van der Waals surface area contributed by atoms with Crippen molar-refractivity contribution < 1.29 is 21.2 Å². The van der Waals surface area contributed by atoms with Gasteiger partial charge in [0, 0.05) is 0 Å². The van der Waals surface area contributed by atoms with E-state index < -0.39 is 0 Å². The van der Waals surface area contributed by atoms with Gasteiger partial charge in [-0.2, -0.15) is 0 Å². The van der Waals surface area contributed by atoms with Crippen LogP contribution in [0.25, 0.3) is 0 Å². The second kappa shape index (κ2) is 5.05. The fraction of sp³-hybridized carbons (Fsp3) is 0. The molecular formula is C11H9I2-. The van der Waals surface area contributed by atoms with Crippen LogP contribution in [0.1, 0.15) is 0 Å². The van der Waals surface area contributed by atoms with Crippen LogP contribution in [0, 0.1) is 3.57 Å². The van der Waals surface area contributed by atoms with Gasteiger partial charge in [0.15, 0.2) is 0 Å². The predicted molar refractivity (Wildman–Crippen MR) is 62.4 cm³/mol. The molecule has 13 heavy (non-hydrogen) atoms. The van der Waals surface area contributed by atoms with Crippen LogP contribution in [-0.4, -0.2) is 4.01 Å². The fourth-order valence-electron chi connectivity index (χ4n) is 0.957. The summed E-state index contributed by atoms with van der Waals surface area (Å²) >= 11 is 0.313. The van der Waals surface area contributed by atoms with Crippen molar-refractivity contribution >= 4 is 24.7 Å². The van der Waals surface area contributed by atoms with Crippen LogP contribution in [0.3, 0.4) is 0 Å². The van der Waals surface area contributed by atoms with Crippen molar-refractivity contribution in [3.05, 3.63) is 53.7 Å². The molecule has 0 amide bonds. The van der Waals surface area contributed by atoms with Crippen molar-refractivity contribution in [1.82, 2.24) is 0 Å². The SMILES string of the molecule is C1=CC([I-]c2ccccc2)=CC=I1. The zero-order chi connectivity index (χ0) is 8.93. The Hall–Kier alpha value is 0.0300. The van der Waals surface area contributed by atoms with Gasteiger partial charge in [0.2, 0.25) is 0 Å². The Kier molecular flexibility index (Phi) is 3.72. The standard InChI is InChI=1S/C11H9I2/c1-2-4-10(5-3-1)13-11-6-8-12-9-7-11/h1-9H/q-1. The molecule has 2 heteroatoms. The van der Waals surface area contributed by atoms with Crippen LogP contribution in [0.15, 0.2) is 50.1 Å². The number of rotatable bonds is 2. The molecule has 0 saturated heterocycles. The monoisotopic (exact) mass is 395 g/mol. The van der Waals surface area contributed by atoms with Gasteiger partial charge in [-0.3, -0.25) is 0 Å². The molecule has 0 nitrogen and oxygen atoms in total. The van der Waals surface area contributed by atoms with Crippen LogP contribution >= 0.6 is 20.7 Å². The number of halogens is 2. The summed E-state index contributed by atoms with van der Waals surface area (Å²) in [4.78, 5) is 0. The van der Waals surface area contributed by atoms with E-state index >= 15 is 0 Å². The summed E-state index contributed by atoms with van der Waals surface area (Å²) in [5.74, 6) is 0. The maximum atomic E-state index is 2.34. The molecule has 1 aliphatic heterocycles. The second-order valence-electron chi connectivity index (χ2n) is 2.49. The molecule has 1 heterocycles. The third-order valence-corrected chi connectivity index (χ3v) is 5.77. The Balaban J connectivity index is 2.11. The van der Waals surface area contributed by atoms with Crippen molar-refractivity contribution in [1.29, 1.82) is 0 Å². The second-order valence-corrected chi connectivity index (χ2v) is 7.67. The summed E-state index contributed by atoms with van der Waals surface area (Å²) in [6, 6.07) is 10.8. The number of hydrogen-bond donors (Lipinski definition) is 0. The minimum absolute atomic E-state index is 0.0663. The van der Waals surface area contributed by atoms with Crippen molar-refractivity contribution in [2.24, 2.45) is 0 Å². The van der Waals surface area contributed by atoms with Gasteiger partial charge in [0.25, 0.3) is 0 Å². The normalized spacial score (nSPS) is 15.2. The van der Waals surface area contributed by atoms with Crippen molar-refractivity contribution in [2.45, 2.75) is 0 Å². The molecule has 1 aromatic rings. The van der Waals surface area contributed by atoms with E-state index in [9.17, 15) is 0 Å². The molecule has 0 fully saturated rings. The first-order valence-electron chi connectivity index (χ1n) is 3.97. The van der Waals surface area contributed by atoms with Crippen molar-refractivity contribution in [3.63, 3.8) is 0 Å². The number of benzene rings is 1. The van der Waals surface area contributed by atoms with E-state index in [1.165, 1.54) is 7.15 Å². The predicted octanol–water partition coefficient (Wildman–Crippen LogP) is 0.129. The third-order valence-electron chi connectivity index (χ3n) is 1.54. The van der Waals surface area contributed by atoms with Crippen LogP contribution in [0.5, 0.6) is 0 Å². The van der Waals surface area contributed by atoms with Gasteiger partial charge in [0.05, 0.1) is 0 Å². The molecule has 68 valence electrons. The van der Waals surface area contributed by atoms with Crippen LogP contribution < -0.4 is 21.2 Å². The van der Waals surface area contributed by atoms with Gasteiger partial charge in [-0.15, -0.1) is 0 Å². The third kappa shape index (κ3) is 3.02. The molecular weight excluding hydrogens is 386 g/mol. The molecule has 0 spiro atoms. The van der Waals surface area contributed by atoms with Crippen molar-refractivity contribution in [3.8, 4) is 0 Å². The van der Waals surface area contributed by atoms with Gasteiger partial charge >= 0.3 is 99.7 Å². The molecule has 0 bridgehead atoms. The fourth-order valence-corrected chi connectivity index (χ4v) is 5.98. The Bertz CT molecular complexity index is 361. The topological polar surface area (TPSA) is 0 Å². The average Bonchev–Trinajstić information content (AvgIpc) is 2.21. The van der Waals surface area contributed by atoms with E-state index in [4.69, 9.17) is 0 Å². The van der Waals surface area contributed by atoms with E-state index in [1.807, 2.05) is 0 Å². The zero-order valence-electron chi connectivity index (χ0n) is 6.95. The Labute approximate surface area is 98.8 Å². The average molecular weight is 395 g/mol. The quantitative estimate of drug-likeness (QED) is 0.625. The van der Waals surface area contributed by atoms with Crippen LogP contribution in [0.2, 0.25) is 0 Å². The maximum absolute atomic E-state index is 2.34. The Morgan fingerprint density at radius 1 is 1.08 bits per heavy atom. The molecule has 0 N–H and O–H groups in total. The van der Waals surface area contributed by atoms with E-state index in [0.717, 1.165) is 0 Å². The Morgan fingerprint density at radius 3 is 2.62 bits per heavy atom. The van der Waals surface area contributed by atoms with Gasteiger partial charge in [0.1, 0.15) is 0 Å².